The Morgan fingerprint density at radius 1 is 0.667 bits per heavy atom. The normalized spacial score (nSPS) is 27.8. The highest BCUT2D eigenvalue weighted by Gasteiger charge is 2.23. The Morgan fingerprint density at radius 2 is 1.21 bits per heavy atom. The Balaban J connectivity index is 1.53. The van der Waals surface area contributed by atoms with Gasteiger partial charge in [0.25, 0.3) is 0 Å². The van der Waals surface area contributed by atoms with Gasteiger partial charge >= 0.3 is 0 Å². The molecule has 1 aromatic rings. The lowest BCUT2D eigenvalue weighted by Gasteiger charge is -2.33. The Labute approximate surface area is 147 Å². The molecule has 1 saturated carbocycles. The van der Waals surface area contributed by atoms with Crippen LogP contribution in [-0.4, -0.2) is 38.3 Å². The Hall–Kier alpha value is -0.940. The lowest BCUT2D eigenvalue weighted by atomic mass is 9.90. The summed E-state index contributed by atoms with van der Waals surface area (Å²) in [7, 11) is 0. The van der Waals surface area contributed by atoms with E-state index < -0.39 is 0 Å². The molecular weight excluding hydrogens is 296 g/mol. The minimum Gasteiger partial charge on any atom is -0.313 e. The van der Waals surface area contributed by atoms with E-state index >= 15 is 0 Å². The van der Waals surface area contributed by atoms with Gasteiger partial charge in [-0.25, -0.2) is 0 Å². The molecule has 134 valence electrons. The molecule has 0 unspecified atom stereocenters. The van der Waals surface area contributed by atoms with Crippen LogP contribution in [0.4, 0.5) is 0 Å². The lowest BCUT2D eigenvalue weighted by molar-refractivity contribution is 0.282. The number of nitrogens with one attached hydrogen (secondary N) is 4. The van der Waals surface area contributed by atoms with E-state index in [1.54, 1.807) is 0 Å². The molecule has 24 heavy (non-hydrogen) atoms. The molecule has 4 N–H and O–H groups in total. The van der Waals surface area contributed by atoms with Gasteiger partial charge in [0.2, 0.25) is 0 Å². The molecule has 1 aliphatic carbocycles. The summed E-state index contributed by atoms with van der Waals surface area (Å²) in [6.45, 7) is 6.36. The summed E-state index contributed by atoms with van der Waals surface area (Å²) in [6, 6.07) is 10.3. The predicted molar refractivity (Wildman–Crippen MR) is 101 cm³/mol. The summed E-state index contributed by atoms with van der Waals surface area (Å²) in [5.74, 6) is 0. The maximum atomic E-state index is 3.80. The van der Waals surface area contributed by atoms with Crippen molar-refractivity contribution in [2.24, 2.45) is 0 Å². The zero-order chi connectivity index (χ0) is 16.5. The highest BCUT2D eigenvalue weighted by Crippen LogP contribution is 2.18. The van der Waals surface area contributed by atoms with Gasteiger partial charge in [-0.1, -0.05) is 37.1 Å². The van der Waals surface area contributed by atoms with E-state index in [-0.39, 0.29) is 0 Å². The molecule has 0 saturated heterocycles. The summed E-state index contributed by atoms with van der Waals surface area (Å²) < 4.78 is 0. The van der Waals surface area contributed by atoms with Crippen LogP contribution in [0.5, 0.6) is 0 Å². The summed E-state index contributed by atoms with van der Waals surface area (Å²) in [4.78, 5) is 0. The third-order valence-corrected chi connectivity index (χ3v) is 5.29. The second-order valence-electron chi connectivity index (χ2n) is 7.29. The van der Waals surface area contributed by atoms with Crippen molar-refractivity contribution in [3.8, 4) is 0 Å². The van der Waals surface area contributed by atoms with Crippen LogP contribution in [0.2, 0.25) is 0 Å². The van der Waals surface area contributed by atoms with Crippen LogP contribution < -0.4 is 21.3 Å². The molecule has 1 fully saturated rings. The smallest absolute Gasteiger partial charge is 0.0221 e. The highest BCUT2D eigenvalue weighted by atomic mass is 15.0. The summed E-state index contributed by atoms with van der Waals surface area (Å²) in [5, 5.41) is 14.8. The third kappa shape index (κ3) is 5.85. The van der Waals surface area contributed by atoms with Gasteiger partial charge < -0.3 is 21.3 Å². The van der Waals surface area contributed by atoms with Crippen molar-refractivity contribution in [1.29, 1.82) is 0 Å². The molecule has 3 rings (SSSR count). The summed E-state index contributed by atoms with van der Waals surface area (Å²) >= 11 is 0. The molecule has 0 radical (unpaired) electrons. The molecule has 2 bridgehead atoms. The second-order valence-corrected chi connectivity index (χ2v) is 7.29. The topological polar surface area (TPSA) is 48.1 Å². The van der Waals surface area contributed by atoms with Gasteiger partial charge in [-0.2, -0.15) is 0 Å². The van der Waals surface area contributed by atoms with Gasteiger partial charge in [-0.3, -0.25) is 0 Å². The van der Waals surface area contributed by atoms with Crippen LogP contribution in [0.3, 0.4) is 0 Å². The molecule has 4 heteroatoms. The van der Waals surface area contributed by atoms with E-state index in [2.05, 4.69) is 45.5 Å². The molecule has 1 heterocycles. The molecular formula is C20H34N4. The van der Waals surface area contributed by atoms with Crippen LogP contribution in [-0.2, 0) is 13.1 Å². The quantitative estimate of drug-likeness (QED) is 0.589. The number of rotatable bonds is 0. The zero-order valence-electron chi connectivity index (χ0n) is 14.9. The van der Waals surface area contributed by atoms with Gasteiger partial charge in [0, 0.05) is 25.2 Å². The number of hydrogen-bond donors (Lipinski definition) is 4. The monoisotopic (exact) mass is 330 g/mol. The largest absolute Gasteiger partial charge is 0.313 e. The molecule has 2 aliphatic rings. The average Bonchev–Trinajstić information content (AvgIpc) is 2.62. The number of fused-ring (bicyclic) bond motifs is 3. The van der Waals surface area contributed by atoms with Gasteiger partial charge in [0.1, 0.15) is 0 Å². The Morgan fingerprint density at radius 3 is 1.75 bits per heavy atom. The zero-order valence-corrected chi connectivity index (χ0v) is 14.9. The van der Waals surface area contributed by atoms with Crippen molar-refractivity contribution in [2.75, 3.05) is 26.2 Å². The van der Waals surface area contributed by atoms with Crippen molar-refractivity contribution in [3.63, 3.8) is 0 Å². The maximum Gasteiger partial charge on any atom is 0.0221 e. The minimum absolute atomic E-state index is 0.664. The molecule has 2 atom stereocenters. The second kappa shape index (κ2) is 10.1. The standard InChI is InChI=1S/C20H34N4/c1-2-9-20-19(8-1)23-12-4-10-21-15-17-6-3-7-18(14-17)16-22-11-5-13-24-20/h3,6-7,14,19-24H,1-2,4-5,8-13,15-16H2/t19-,20-/m1/s1. The van der Waals surface area contributed by atoms with E-state index in [1.807, 2.05) is 0 Å². The Kier molecular flexibility index (Phi) is 7.55. The molecule has 1 aliphatic heterocycles. The van der Waals surface area contributed by atoms with Crippen LogP contribution in [0.1, 0.15) is 49.7 Å². The minimum atomic E-state index is 0.664. The van der Waals surface area contributed by atoms with Crippen molar-refractivity contribution in [2.45, 2.75) is 63.7 Å². The van der Waals surface area contributed by atoms with Crippen LogP contribution in [0.15, 0.2) is 24.3 Å². The van der Waals surface area contributed by atoms with E-state index in [0.29, 0.717) is 12.1 Å². The third-order valence-electron chi connectivity index (χ3n) is 5.29. The van der Waals surface area contributed by atoms with Crippen molar-refractivity contribution in [3.05, 3.63) is 35.4 Å². The fourth-order valence-electron chi connectivity index (χ4n) is 3.94. The van der Waals surface area contributed by atoms with Gasteiger partial charge in [-0.15, -0.1) is 0 Å². The summed E-state index contributed by atoms with van der Waals surface area (Å²) in [6.07, 6.45) is 7.82. The highest BCUT2D eigenvalue weighted by molar-refractivity contribution is 5.23. The summed E-state index contributed by atoms with van der Waals surface area (Å²) in [5.41, 5.74) is 2.78. The van der Waals surface area contributed by atoms with E-state index in [1.165, 1.54) is 49.7 Å². The molecule has 0 amide bonds. The first-order valence-electron chi connectivity index (χ1n) is 9.88. The van der Waals surface area contributed by atoms with Crippen molar-refractivity contribution >= 4 is 0 Å². The first-order chi connectivity index (χ1) is 11.9. The first kappa shape index (κ1) is 17.9. The van der Waals surface area contributed by atoms with Crippen molar-refractivity contribution in [1.82, 2.24) is 21.3 Å². The Bertz CT molecular complexity index is 437. The molecule has 4 nitrogen and oxygen atoms in total. The van der Waals surface area contributed by atoms with Gasteiger partial charge in [0.05, 0.1) is 0 Å². The van der Waals surface area contributed by atoms with Crippen molar-refractivity contribution < 1.29 is 0 Å². The molecule has 1 aromatic carbocycles. The number of hydrogen-bond acceptors (Lipinski definition) is 4. The predicted octanol–water partition coefficient (Wildman–Crippen LogP) is 2.15. The van der Waals surface area contributed by atoms with E-state index in [9.17, 15) is 0 Å². The maximum absolute atomic E-state index is 3.80. The first-order valence-corrected chi connectivity index (χ1v) is 9.88. The SMILES string of the molecule is c1cc2cc(c1)CNCCCN[C@@H]1CCCC[C@H]1NCCCNC2. The number of benzene rings is 1. The van der Waals surface area contributed by atoms with Gasteiger partial charge in [-0.05, 0) is 63.0 Å². The van der Waals surface area contributed by atoms with Crippen LogP contribution in [0, 0.1) is 0 Å². The lowest BCUT2D eigenvalue weighted by Crippen LogP contribution is -2.50. The molecule has 0 aromatic heterocycles. The molecule has 0 spiro atoms. The average molecular weight is 331 g/mol. The van der Waals surface area contributed by atoms with Crippen LogP contribution in [0.25, 0.3) is 0 Å². The van der Waals surface area contributed by atoms with E-state index in [4.69, 9.17) is 0 Å². The fourth-order valence-corrected chi connectivity index (χ4v) is 3.94. The van der Waals surface area contributed by atoms with Crippen LogP contribution >= 0.6 is 0 Å². The fraction of sp³-hybridized carbons (Fsp3) is 0.700. The van der Waals surface area contributed by atoms with Gasteiger partial charge in [0.15, 0.2) is 0 Å². The van der Waals surface area contributed by atoms with E-state index in [0.717, 1.165) is 39.3 Å².